The van der Waals surface area contributed by atoms with Crippen molar-refractivity contribution in [2.75, 3.05) is 12.8 Å². The topological polar surface area (TPSA) is 101 Å². The van der Waals surface area contributed by atoms with Gasteiger partial charge in [-0.25, -0.2) is 13.1 Å². The second kappa shape index (κ2) is 5.95. The van der Waals surface area contributed by atoms with Crippen molar-refractivity contribution in [3.63, 3.8) is 0 Å². The lowest BCUT2D eigenvalue weighted by atomic mass is 10.1. The van der Waals surface area contributed by atoms with E-state index in [0.717, 1.165) is 22.5 Å². The first-order valence-corrected chi connectivity index (χ1v) is 8.23. The maximum atomic E-state index is 11.1. The second-order valence-corrected chi connectivity index (χ2v) is 7.75. The molecule has 2 N–H and O–H groups in total. The summed E-state index contributed by atoms with van der Waals surface area (Å²) in [6.07, 6.45) is 1.11. The van der Waals surface area contributed by atoms with Crippen molar-refractivity contribution < 1.29 is 13.3 Å². The van der Waals surface area contributed by atoms with Gasteiger partial charge in [0.05, 0.1) is 11.2 Å². The Morgan fingerprint density at radius 3 is 2.53 bits per heavy atom. The predicted molar refractivity (Wildman–Crippen MR) is 74.7 cm³/mol. The average molecular weight is 307 g/mol. The molecule has 0 aromatic carbocycles. The van der Waals surface area contributed by atoms with Crippen LogP contribution in [0.3, 0.4) is 0 Å². The van der Waals surface area contributed by atoms with E-state index < -0.39 is 20.5 Å². The Morgan fingerprint density at radius 1 is 1.42 bits per heavy atom. The summed E-state index contributed by atoms with van der Waals surface area (Å²) in [5.74, 6) is 0. The SMILES string of the molecule is CC(C)(CNCc1ccc([N+](=O)[O-])s1)NS(C)(=O)=O. The molecular formula is C10H17N3O4S2. The lowest BCUT2D eigenvalue weighted by Crippen LogP contribution is -2.49. The molecule has 9 heteroatoms. The van der Waals surface area contributed by atoms with E-state index in [1.54, 1.807) is 19.9 Å². The largest absolute Gasteiger partial charge is 0.324 e. The molecule has 0 aliphatic rings. The van der Waals surface area contributed by atoms with Crippen molar-refractivity contribution in [1.82, 2.24) is 10.0 Å². The van der Waals surface area contributed by atoms with Gasteiger partial charge in [0.2, 0.25) is 10.0 Å². The van der Waals surface area contributed by atoms with Gasteiger partial charge in [-0.15, -0.1) is 0 Å². The summed E-state index contributed by atoms with van der Waals surface area (Å²) in [7, 11) is -3.26. The Morgan fingerprint density at radius 2 is 2.05 bits per heavy atom. The van der Waals surface area contributed by atoms with Crippen LogP contribution in [0, 0.1) is 10.1 Å². The van der Waals surface area contributed by atoms with E-state index in [4.69, 9.17) is 0 Å². The summed E-state index contributed by atoms with van der Waals surface area (Å²) < 4.78 is 24.8. The molecule has 0 saturated heterocycles. The fourth-order valence-electron chi connectivity index (χ4n) is 1.60. The highest BCUT2D eigenvalue weighted by Crippen LogP contribution is 2.23. The van der Waals surface area contributed by atoms with Crippen LogP contribution in [0.25, 0.3) is 0 Å². The molecule has 19 heavy (non-hydrogen) atoms. The van der Waals surface area contributed by atoms with Crippen LogP contribution < -0.4 is 10.0 Å². The highest BCUT2D eigenvalue weighted by Gasteiger charge is 2.21. The van der Waals surface area contributed by atoms with Gasteiger partial charge < -0.3 is 5.32 Å². The van der Waals surface area contributed by atoms with Crippen LogP contribution in [0.1, 0.15) is 18.7 Å². The maximum Gasteiger partial charge on any atom is 0.324 e. The average Bonchev–Trinajstić information content (AvgIpc) is 2.61. The van der Waals surface area contributed by atoms with E-state index in [0.29, 0.717) is 13.1 Å². The Balaban J connectivity index is 2.47. The molecule has 1 heterocycles. The molecule has 0 aliphatic carbocycles. The van der Waals surface area contributed by atoms with Gasteiger partial charge in [-0.1, -0.05) is 11.3 Å². The fourth-order valence-corrected chi connectivity index (χ4v) is 3.46. The molecule has 0 unspecified atom stereocenters. The summed E-state index contributed by atoms with van der Waals surface area (Å²) in [4.78, 5) is 10.9. The Bertz CT molecular complexity index is 551. The third-order valence-electron chi connectivity index (χ3n) is 2.16. The number of nitro groups is 1. The van der Waals surface area contributed by atoms with Crippen molar-refractivity contribution in [1.29, 1.82) is 0 Å². The Hall–Kier alpha value is -1.03. The van der Waals surface area contributed by atoms with Crippen LogP contribution in [0.5, 0.6) is 0 Å². The van der Waals surface area contributed by atoms with Gasteiger partial charge in [-0.2, -0.15) is 0 Å². The Kier molecular flexibility index (Phi) is 5.02. The van der Waals surface area contributed by atoms with Gasteiger partial charge >= 0.3 is 5.00 Å². The zero-order chi connectivity index (χ0) is 14.7. The maximum absolute atomic E-state index is 11.1. The van der Waals surface area contributed by atoms with Crippen molar-refractivity contribution in [2.24, 2.45) is 0 Å². The number of hydrogen-bond donors (Lipinski definition) is 2. The lowest BCUT2D eigenvalue weighted by molar-refractivity contribution is -0.380. The van der Waals surface area contributed by atoms with Gasteiger partial charge in [0.25, 0.3) is 0 Å². The number of rotatable bonds is 7. The standard InChI is InChI=1S/C10H17N3O4S2/c1-10(2,12-19(3,16)17)7-11-6-8-4-5-9(18-8)13(14)15/h4-5,11-12H,6-7H2,1-3H3. The van der Waals surface area contributed by atoms with Gasteiger partial charge in [-0.05, 0) is 19.9 Å². The van der Waals surface area contributed by atoms with Crippen molar-refractivity contribution >= 4 is 26.4 Å². The highest BCUT2D eigenvalue weighted by atomic mass is 32.2. The normalized spacial score (nSPS) is 12.6. The summed E-state index contributed by atoms with van der Waals surface area (Å²) in [5.41, 5.74) is -0.614. The van der Waals surface area contributed by atoms with Gasteiger partial charge in [-0.3, -0.25) is 10.1 Å². The van der Waals surface area contributed by atoms with Crippen LogP contribution in [-0.4, -0.2) is 31.7 Å². The number of nitrogens with one attached hydrogen (secondary N) is 2. The molecule has 0 bridgehead atoms. The summed E-state index contributed by atoms with van der Waals surface area (Å²) >= 11 is 1.10. The van der Waals surface area contributed by atoms with Gasteiger partial charge in [0, 0.05) is 29.6 Å². The van der Waals surface area contributed by atoms with E-state index in [1.807, 2.05) is 0 Å². The summed E-state index contributed by atoms with van der Waals surface area (Å²) in [6, 6.07) is 3.15. The molecule has 0 spiro atoms. The van der Waals surface area contributed by atoms with Gasteiger partial charge in [0.1, 0.15) is 0 Å². The quantitative estimate of drug-likeness (QED) is 0.579. The first-order valence-electron chi connectivity index (χ1n) is 5.52. The van der Waals surface area contributed by atoms with E-state index in [1.165, 1.54) is 6.07 Å². The molecular weight excluding hydrogens is 290 g/mol. The number of nitrogens with zero attached hydrogens (tertiary/aromatic N) is 1. The highest BCUT2D eigenvalue weighted by molar-refractivity contribution is 7.88. The molecule has 7 nitrogen and oxygen atoms in total. The van der Waals surface area contributed by atoms with E-state index in [9.17, 15) is 18.5 Å². The van der Waals surface area contributed by atoms with E-state index >= 15 is 0 Å². The van der Waals surface area contributed by atoms with Gasteiger partial charge in [0.15, 0.2) is 0 Å². The van der Waals surface area contributed by atoms with E-state index in [2.05, 4.69) is 10.0 Å². The number of thiophene rings is 1. The van der Waals surface area contributed by atoms with Crippen molar-refractivity contribution in [3.8, 4) is 0 Å². The van der Waals surface area contributed by atoms with Crippen molar-refractivity contribution in [2.45, 2.75) is 25.9 Å². The molecule has 0 amide bonds. The van der Waals surface area contributed by atoms with Crippen LogP contribution in [-0.2, 0) is 16.6 Å². The molecule has 1 rings (SSSR count). The number of hydrogen-bond acceptors (Lipinski definition) is 6. The van der Waals surface area contributed by atoms with Crippen LogP contribution in [0.2, 0.25) is 0 Å². The monoisotopic (exact) mass is 307 g/mol. The first-order chi connectivity index (χ1) is 8.59. The van der Waals surface area contributed by atoms with Crippen LogP contribution >= 0.6 is 11.3 Å². The zero-order valence-electron chi connectivity index (χ0n) is 11.0. The molecule has 1 aromatic rings. The molecule has 0 atom stereocenters. The zero-order valence-corrected chi connectivity index (χ0v) is 12.6. The van der Waals surface area contributed by atoms with E-state index in [-0.39, 0.29) is 5.00 Å². The van der Waals surface area contributed by atoms with Crippen LogP contribution in [0.4, 0.5) is 5.00 Å². The molecule has 0 saturated carbocycles. The van der Waals surface area contributed by atoms with Crippen molar-refractivity contribution in [3.05, 3.63) is 27.1 Å². The second-order valence-electron chi connectivity index (χ2n) is 4.86. The Labute approximate surface area is 116 Å². The lowest BCUT2D eigenvalue weighted by Gasteiger charge is -2.25. The minimum Gasteiger partial charge on any atom is -0.310 e. The molecule has 0 aliphatic heterocycles. The summed E-state index contributed by atoms with van der Waals surface area (Å²) in [6.45, 7) is 4.41. The smallest absolute Gasteiger partial charge is 0.310 e. The first kappa shape index (κ1) is 16.0. The fraction of sp³-hybridized carbons (Fsp3) is 0.600. The number of sulfonamides is 1. The minimum absolute atomic E-state index is 0.102. The molecule has 108 valence electrons. The third kappa shape index (κ3) is 6.10. The molecule has 1 aromatic heterocycles. The van der Waals surface area contributed by atoms with Crippen LogP contribution in [0.15, 0.2) is 12.1 Å². The molecule has 0 fully saturated rings. The summed E-state index contributed by atoms with van der Waals surface area (Å²) in [5, 5.41) is 13.7. The third-order valence-corrected chi connectivity index (χ3v) is 4.12. The molecule has 0 radical (unpaired) electrons. The predicted octanol–water partition coefficient (Wildman–Crippen LogP) is 1.07. The minimum atomic E-state index is -3.26.